The predicted molar refractivity (Wildman–Crippen MR) is 72.3 cm³/mol. The molecule has 9 heteroatoms. The van der Waals surface area contributed by atoms with Crippen LogP contribution in [-0.2, 0) is 9.47 Å². The first-order chi connectivity index (χ1) is 10.0. The van der Waals surface area contributed by atoms with Crippen LogP contribution in [0.2, 0.25) is 0 Å². The molecule has 2 aromatic heterocycles. The normalized spacial score (nSPS) is 29.9. The van der Waals surface area contributed by atoms with Crippen molar-refractivity contribution in [3.63, 3.8) is 0 Å². The van der Waals surface area contributed by atoms with Gasteiger partial charge in [0, 0.05) is 7.11 Å². The fourth-order valence-electron chi connectivity index (χ4n) is 2.51. The van der Waals surface area contributed by atoms with Crippen molar-refractivity contribution in [2.45, 2.75) is 31.5 Å². The molecule has 0 saturated carbocycles. The Labute approximate surface area is 120 Å². The minimum Gasteiger partial charge on any atom is -0.388 e. The molecule has 0 spiro atoms. The van der Waals surface area contributed by atoms with Gasteiger partial charge >= 0.3 is 0 Å². The number of aromatic nitrogens is 4. The maximum Gasteiger partial charge on any atom is 0.167 e. The summed E-state index contributed by atoms with van der Waals surface area (Å²) < 4.78 is 12.5. The van der Waals surface area contributed by atoms with Crippen LogP contribution in [0.25, 0.3) is 11.2 Å². The molecule has 2 aromatic rings. The van der Waals surface area contributed by atoms with E-state index in [0.29, 0.717) is 17.0 Å². The summed E-state index contributed by atoms with van der Waals surface area (Å²) in [6.45, 7) is 1.71. The van der Waals surface area contributed by atoms with Crippen molar-refractivity contribution in [2.24, 2.45) is 0 Å². The van der Waals surface area contributed by atoms with Gasteiger partial charge in [0.15, 0.2) is 17.7 Å². The molecule has 0 unspecified atom stereocenters. The molecule has 9 nitrogen and oxygen atoms in total. The van der Waals surface area contributed by atoms with Gasteiger partial charge in [0.1, 0.15) is 29.7 Å². The zero-order valence-electron chi connectivity index (χ0n) is 11.7. The van der Waals surface area contributed by atoms with Gasteiger partial charge in [0.05, 0.1) is 12.9 Å². The fourth-order valence-corrected chi connectivity index (χ4v) is 2.51. The van der Waals surface area contributed by atoms with E-state index in [1.807, 2.05) is 0 Å². The van der Waals surface area contributed by atoms with Crippen molar-refractivity contribution in [1.82, 2.24) is 19.5 Å². The standard InChI is InChI=1S/C12H17N5O4/c1-5-15-10(13)7-11(16-5)17(4-14-7)12-9(20-2)8(19)6(18)3-21-12/h4,6,8-9,12,18-19H,3H2,1-2H3,(H2,13,15,16)/t6-,8-,9+,12+/m0/s1. The number of hydrogen-bond acceptors (Lipinski definition) is 8. The van der Waals surface area contributed by atoms with E-state index >= 15 is 0 Å². The summed E-state index contributed by atoms with van der Waals surface area (Å²) in [4.78, 5) is 12.6. The molecule has 0 radical (unpaired) electrons. The molecule has 1 aliphatic heterocycles. The van der Waals surface area contributed by atoms with E-state index in [-0.39, 0.29) is 12.4 Å². The van der Waals surface area contributed by atoms with E-state index in [0.717, 1.165) is 0 Å². The molecule has 1 fully saturated rings. The van der Waals surface area contributed by atoms with Crippen LogP contribution in [0, 0.1) is 6.92 Å². The van der Waals surface area contributed by atoms with Crippen LogP contribution in [0.4, 0.5) is 5.82 Å². The van der Waals surface area contributed by atoms with Gasteiger partial charge < -0.3 is 25.4 Å². The lowest BCUT2D eigenvalue weighted by Gasteiger charge is -2.37. The van der Waals surface area contributed by atoms with Crippen molar-refractivity contribution in [3.8, 4) is 0 Å². The van der Waals surface area contributed by atoms with Crippen LogP contribution in [0.1, 0.15) is 12.1 Å². The van der Waals surface area contributed by atoms with E-state index in [4.69, 9.17) is 15.2 Å². The monoisotopic (exact) mass is 295 g/mol. The highest BCUT2D eigenvalue weighted by atomic mass is 16.6. The van der Waals surface area contributed by atoms with Crippen molar-refractivity contribution in [2.75, 3.05) is 19.5 Å². The van der Waals surface area contributed by atoms with E-state index in [9.17, 15) is 10.2 Å². The Morgan fingerprint density at radius 1 is 1.43 bits per heavy atom. The second-order valence-electron chi connectivity index (χ2n) is 4.96. The molecule has 0 bridgehead atoms. The summed E-state index contributed by atoms with van der Waals surface area (Å²) in [5, 5.41) is 19.7. The average molecular weight is 295 g/mol. The minimum atomic E-state index is -1.06. The van der Waals surface area contributed by atoms with Gasteiger partial charge in [-0.05, 0) is 6.92 Å². The number of aliphatic hydroxyl groups excluding tert-OH is 2. The lowest BCUT2D eigenvalue weighted by atomic mass is 10.0. The third-order valence-corrected chi connectivity index (χ3v) is 3.56. The van der Waals surface area contributed by atoms with Crippen LogP contribution >= 0.6 is 0 Å². The Kier molecular flexibility index (Phi) is 3.49. The molecule has 0 aliphatic carbocycles. The number of aliphatic hydroxyl groups is 2. The molecule has 3 heterocycles. The number of hydrogen-bond donors (Lipinski definition) is 3. The molecule has 1 aliphatic rings. The van der Waals surface area contributed by atoms with Crippen LogP contribution in [0.5, 0.6) is 0 Å². The largest absolute Gasteiger partial charge is 0.388 e. The average Bonchev–Trinajstić information content (AvgIpc) is 2.85. The second kappa shape index (κ2) is 5.19. The van der Waals surface area contributed by atoms with Crippen LogP contribution in [-0.4, -0.2) is 61.8 Å². The molecule has 21 heavy (non-hydrogen) atoms. The summed E-state index contributed by atoms with van der Waals surface area (Å²) >= 11 is 0. The molecule has 0 aromatic carbocycles. The van der Waals surface area contributed by atoms with Gasteiger partial charge in [-0.15, -0.1) is 0 Å². The Bertz CT molecular complexity index is 660. The van der Waals surface area contributed by atoms with Gasteiger partial charge in [-0.2, -0.15) is 0 Å². The zero-order chi connectivity index (χ0) is 15.1. The molecule has 4 N–H and O–H groups in total. The molecular formula is C12H17N5O4. The van der Waals surface area contributed by atoms with Gasteiger partial charge in [-0.3, -0.25) is 4.57 Å². The fraction of sp³-hybridized carbons (Fsp3) is 0.583. The summed E-state index contributed by atoms with van der Waals surface area (Å²) in [5.74, 6) is 0.786. The van der Waals surface area contributed by atoms with Crippen LogP contribution < -0.4 is 5.73 Å². The topological polar surface area (TPSA) is 129 Å². The van der Waals surface area contributed by atoms with Gasteiger partial charge in [-0.1, -0.05) is 0 Å². The number of anilines is 1. The van der Waals surface area contributed by atoms with E-state index in [2.05, 4.69) is 15.0 Å². The summed E-state index contributed by atoms with van der Waals surface area (Å²) in [6, 6.07) is 0. The molecule has 1 saturated heterocycles. The van der Waals surface area contributed by atoms with Crippen molar-refractivity contribution >= 4 is 17.0 Å². The predicted octanol–water partition coefficient (Wildman–Crippen LogP) is -1.02. The summed E-state index contributed by atoms with van der Waals surface area (Å²) in [5.41, 5.74) is 6.78. The lowest BCUT2D eigenvalue weighted by Crippen LogP contribution is -2.51. The van der Waals surface area contributed by atoms with Gasteiger partial charge in [0.25, 0.3) is 0 Å². The number of nitrogens with zero attached hydrogens (tertiary/aromatic N) is 4. The minimum absolute atomic E-state index is 0.00901. The number of aryl methyl sites for hydroxylation is 1. The van der Waals surface area contributed by atoms with Crippen LogP contribution in [0.3, 0.4) is 0 Å². The summed E-state index contributed by atoms with van der Waals surface area (Å²) in [7, 11) is 1.44. The second-order valence-corrected chi connectivity index (χ2v) is 4.96. The highest BCUT2D eigenvalue weighted by Crippen LogP contribution is 2.29. The first kappa shape index (κ1) is 14.1. The molecule has 0 amide bonds. The van der Waals surface area contributed by atoms with Crippen molar-refractivity contribution < 1.29 is 19.7 Å². The van der Waals surface area contributed by atoms with Gasteiger partial charge in [0.2, 0.25) is 0 Å². The lowest BCUT2D eigenvalue weighted by molar-refractivity contribution is -0.218. The smallest absolute Gasteiger partial charge is 0.167 e. The molecule has 3 rings (SSSR count). The van der Waals surface area contributed by atoms with E-state index in [1.165, 1.54) is 13.4 Å². The number of rotatable bonds is 2. The number of methoxy groups -OCH3 is 1. The van der Waals surface area contributed by atoms with Gasteiger partial charge in [-0.25, -0.2) is 15.0 Å². The maximum absolute atomic E-state index is 10.0. The Morgan fingerprint density at radius 3 is 2.90 bits per heavy atom. The zero-order valence-corrected chi connectivity index (χ0v) is 11.7. The number of imidazole rings is 1. The van der Waals surface area contributed by atoms with Crippen molar-refractivity contribution in [1.29, 1.82) is 0 Å². The first-order valence-electron chi connectivity index (χ1n) is 6.50. The number of fused-ring (bicyclic) bond motifs is 1. The SMILES string of the molecule is CO[C@@H]1[C@@H](O)[C@@H](O)CO[C@H]1n1cnc2c(N)nc(C)nc21. The third-order valence-electron chi connectivity index (χ3n) is 3.56. The molecular weight excluding hydrogens is 278 g/mol. The highest BCUT2D eigenvalue weighted by molar-refractivity contribution is 5.81. The highest BCUT2D eigenvalue weighted by Gasteiger charge is 2.40. The Balaban J connectivity index is 2.07. The quantitative estimate of drug-likeness (QED) is 0.642. The first-order valence-corrected chi connectivity index (χ1v) is 6.50. The summed E-state index contributed by atoms with van der Waals surface area (Å²) in [6.07, 6.45) is -1.96. The maximum atomic E-state index is 10.0. The number of ether oxygens (including phenoxy) is 2. The molecule has 114 valence electrons. The third kappa shape index (κ3) is 2.23. The number of nitrogens with two attached hydrogens (primary N) is 1. The van der Waals surface area contributed by atoms with E-state index in [1.54, 1.807) is 11.5 Å². The van der Waals surface area contributed by atoms with Crippen LogP contribution in [0.15, 0.2) is 6.33 Å². The van der Waals surface area contributed by atoms with E-state index < -0.39 is 24.5 Å². The van der Waals surface area contributed by atoms with Crippen molar-refractivity contribution in [3.05, 3.63) is 12.2 Å². The Hall–Kier alpha value is -1.81. The molecule has 4 atom stereocenters. The number of nitrogen functional groups attached to an aromatic ring is 1. The Morgan fingerprint density at radius 2 is 2.19 bits per heavy atom.